The average molecular weight is 430 g/mol. The summed E-state index contributed by atoms with van der Waals surface area (Å²) in [6.07, 6.45) is 0. The predicted octanol–water partition coefficient (Wildman–Crippen LogP) is 4.75. The van der Waals surface area contributed by atoms with E-state index in [1.54, 1.807) is 0 Å². The van der Waals surface area contributed by atoms with E-state index < -0.39 is 5.25 Å². The fourth-order valence-corrected chi connectivity index (χ4v) is 4.07. The Morgan fingerprint density at radius 3 is 2.16 bits per heavy atom. The molecule has 31 heavy (non-hydrogen) atoms. The Morgan fingerprint density at radius 2 is 1.52 bits per heavy atom. The third-order valence-electron chi connectivity index (χ3n) is 4.86. The van der Waals surface area contributed by atoms with Crippen molar-refractivity contribution in [1.29, 1.82) is 0 Å². The van der Waals surface area contributed by atoms with Gasteiger partial charge in [-0.15, -0.1) is 10.2 Å². The number of nitrogens with two attached hydrogens (primary N) is 1. The maximum Gasteiger partial charge on any atom is 0.242 e. The molecule has 1 amide bonds. The summed E-state index contributed by atoms with van der Waals surface area (Å²) in [7, 11) is 0. The van der Waals surface area contributed by atoms with E-state index in [2.05, 4.69) is 15.5 Å². The molecule has 0 aliphatic carbocycles. The van der Waals surface area contributed by atoms with Crippen LogP contribution in [0.4, 0.5) is 5.69 Å². The Kier molecular flexibility index (Phi) is 6.04. The number of aryl methyl sites for hydroxylation is 2. The molecule has 3 aromatic carbocycles. The zero-order valence-electron chi connectivity index (χ0n) is 17.3. The van der Waals surface area contributed by atoms with Crippen LogP contribution in [0, 0.1) is 13.8 Å². The van der Waals surface area contributed by atoms with Gasteiger partial charge in [-0.25, -0.2) is 4.68 Å². The molecule has 0 saturated heterocycles. The number of amides is 1. The Morgan fingerprint density at radius 1 is 0.903 bits per heavy atom. The molecular formula is C24H23N5OS. The van der Waals surface area contributed by atoms with Crippen molar-refractivity contribution in [3.8, 4) is 11.4 Å². The molecule has 0 radical (unpaired) electrons. The van der Waals surface area contributed by atoms with E-state index in [1.165, 1.54) is 16.4 Å². The SMILES string of the molecule is Cc1ccc(NC(=O)[C@@H](Sc2nnc(-c3ccc(C)cc3)n2N)c2ccccc2)cc1. The Balaban J connectivity index is 1.62. The van der Waals surface area contributed by atoms with E-state index in [-0.39, 0.29) is 5.91 Å². The molecule has 0 unspecified atom stereocenters. The van der Waals surface area contributed by atoms with Gasteiger partial charge in [0.1, 0.15) is 5.25 Å². The van der Waals surface area contributed by atoms with E-state index in [0.717, 1.165) is 27.9 Å². The number of nitrogens with zero attached hydrogens (tertiary/aromatic N) is 3. The first-order valence-corrected chi connectivity index (χ1v) is 10.8. The van der Waals surface area contributed by atoms with Gasteiger partial charge in [-0.05, 0) is 31.5 Å². The normalized spacial score (nSPS) is 11.8. The molecule has 0 spiro atoms. The minimum Gasteiger partial charge on any atom is -0.335 e. The van der Waals surface area contributed by atoms with Crippen LogP contribution >= 0.6 is 11.8 Å². The van der Waals surface area contributed by atoms with Gasteiger partial charge in [-0.2, -0.15) is 0 Å². The first kappa shape index (κ1) is 20.7. The van der Waals surface area contributed by atoms with Crippen LogP contribution in [-0.2, 0) is 4.79 Å². The molecule has 7 heteroatoms. The van der Waals surface area contributed by atoms with Crippen LogP contribution in [0.3, 0.4) is 0 Å². The van der Waals surface area contributed by atoms with E-state index in [9.17, 15) is 4.79 Å². The highest BCUT2D eigenvalue weighted by atomic mass is 32.2. The van der Waals surface area contributed by atoms with Gasteiger partial charge in [-0.1, -0.05) is 89.6 Å². The molecule has 1 atom stereocenters. The molecular weight excluding hydrogens is 406 g/mol. The summed E-state index contributed by atoms with van der Waals surface area (Å²) in [5.74, 6) is 6.70. The molecule has 0 saturated carbocycles. The van der Waals surface area contributed by atoms with Crippen molar-refractivity contribution in [2.24, 2.45) is 0 Å². The lowest BCUT2D eigenvalue weighted by molar-refractivity contribution is -0.115. The highest BCUT2D eigenvalue weighted by molar-refractivity contribution is 8.00. The minimum atomic E-state index is -0.542. The van der Waals surface area contributed by atoms with Crippen molar-refractivity contribution in [3.63, 3.8) is 0 Å². The maximum atomic E-state index is 13.2. The smallest absolute Gasteiger partial charge is 0.242 e. The van der Waals surface area contributed by atoms with Gasteiger partial charge in [0.15, 0.2) is 5.82 Å². The minimum absolute atomic E-state index is 0.153. The van der Waals surface area contributed by atoms with Crippen LogP contribution in [0.5, 0.6) is 0 Å². The van der Waals surface area contributed by atoms with Gasteiger partial charge in [0.2, 0.25) is 11.1 Å². The third kappa shape index (κ3) is 4.78. The molecule has 156 valence electrons. The van der Waals surface area contributed by atoms with Crippen molar-refractivity contribution >= 4 is 23.4 Å². The molecule has 4 rings (SSSR count). The van der Waals surface area contributed by atoms with E-state index in [4.69, 9.17) is 5.84 Å². The highest BCUT2D eigenvalue weighted by Gasteiger charge is 2.25. The maximum absolute atomic E-state index is 13.2. The zero-order chi connectivity index (χ0) is 21.8. The summed E-state index contributed by atoms with van der Waals surface area (Å²) in [5, 5.41) is 11.4. The summed E-state index contributed by atoms with van der Waals surface area (Å²) >= 11 is 1.27. The predicted molar refractivity (Wildman–Crippen MR) is 125 cm³/mol. The number of nitrogens with one attached hydrogen (secondary N) is 1. The van der Waals surface area contributed by atoms with Crippen molar-refractivity contribution in [2.75, 3.05) is 11.2 Å². The average Bonchev–Trinajstić information content (AvgIpc) is 3.15. The second-order valence-electron chi connectivity index (χ2n) is 7.31. The lowest BCUT2D eigenvalue weighted by Gasteiger charge is -2.16. The van der Waals surface area contributed by atoms with Gasteiger partial charge in [-0.3, -0.25) is 4.79 Å². The topological polar surface area (TPSA) is 85.8 Å². The van der Waals surface area contributed by atoms with Crippen LogP contribution in [0.15, 0.2) is 84.0 Å². The largest absolute Gasteiger partial charge is 0.335 e. The summed E-state index contributed by atoms with van der Waals surface area (Å²) in [6.45, 7) is 4.03. The monoisotopic (exact) mass is 429 g/mol. The van der Waals surface area contributed by atoms with E-state index in [1.807, 2.05) is 92.7 Å². The number of thioether (sulfide) groups is 1. The fraction of sp³-hybridized carbons (Fsp3) is 0.125. The number of hydrogen-bond acceptors (Lipinski definition) is 5. The number of carbonyl (C=O) groups excluding carboxylic acids is 1. The van der Waals surface area contributed by atoms with Crippen molar-refractivity contribution in [2.45, 2.75) is 24.3 Å². The molecule has 4 aromatic rings. The number of benzene rings is 3. The first-order chi connectivity index (χ1) is 15.0. The second kappa shape index (κ2) is 9.06. The third-order valence-corrected chi connectivity index (χ3v) is 6.07. The number of aromatic nitrogens is 3. The van der Waals surface area contributed by atoms with Crippen molar-refractivity contribution in [3.05, 3.63) is 95.6 Å². The van der Waals surface area contributed by atoms with Gasteiger partial charge in [0.25, 0.3) is 0 Å². The Hall–Kier alpha value is -3.58. The fourth-order valence-electron chi connectivity index (χ4n) is 3.11. The lowest BCUT2D eigenvalue weighted by Crippen LogP contribution is -2.20. The summed E-state index contributed by atoms with van der Waals surface area (Å²) < 4.78 is 1.43. The molecule has 1 aromatic heterocycles. The number of carbonyl (C=O) groups is 1. The van der Waals surface area contributed by atoms with Crippen LogP contribution in [0.1, 0.15) is 21.9 Å². The second-order valence-corrected chi connectivity index (χ2v) is 8.38. The first-order valence-electron chi connectivity index (χ1n) is 9.88. The zero-order valence-corrected chi connectivity index (χ0v) is 18.1. The number of hydrogen-bond donors (Lipinski definition) is 2. The molecule has 0 aliphatic heterocycles. The Bertz CT molecular complexity index is 1170. The van der Waals surface area contributed by atoms with E-state index in [0.29, 0.717) is 11.0 Å². The van der Waals surface area contributed by atoms with Crippen LogP contribution in [0.25, 0.3) is 11.4 Å². The van der Waals surface area contributed by atoms with Crippen LogP contribution < -0.4 is 11.2 Å². The van der Waals surface area contributed by atoms with Gasteiger partial charge in [0, 0.05) is 11.3 Å². The van der Waals surface area contributed by atoms with Gasteiger partial charge >= 0.3 is 0 Å². The van der Waals surface area contributed by atoms with Crippen LogP contribution in [-0.4, -0.2) is 20.8 Å². The number of nitrogen functional groups attached to an aromatic ring is 1. The molecule has 6 nitrogen and oxygen atoms in total. The molecule has 0 fully saturated rings. The number of rotatable bonds is 6. The van der Waals surface area contributed by atoms with Crippen LogP contribution in [0.2, 0.25) is 0 Å². The molecule has 3 N–H and O–H groups in total. The van der Waals surface area contributed by atoms with E-state index >= 15 is 0 Å². The standard InChI is InChI=1S/C24H23N5OS/c1-16-8-12-19(13-9-16)22-27-28-24(29(22)25)31-21(18-6-4-3-5-7-18)23(30)26-20-14-10-17(2)11-15-20/h3-15,21H,25H2,1-2H3,(H,26,30)/t21-/m0/s1. The lowest BCUT2D eigenvalue weighted by atomic mass is 10.1. The summed E-state index contributed by atoms with van der Waals surface area (Å²) in [6, 6.07) is 25.2. The highest BCUT2D eigenvalue weighted by Crippen LogP contribution is 2.36. The van der Waals surface area contributed by atoms with Crippen molar-refractivity contribution in [1.82, 2.24) is 14.9 Å². The van der Waals surface area contributed by atoms with Gasteiger partial charge < -0.3 is 11.2 Å². The van der Waals surface area contributed by atoms with Gasteiger partial charge in [0.05, 0.1) is 0 Å². The van der Waals surface area contributed by atoms with Crippen molar-refractivity contribution < 1.29 is 4.79 Å². The molecule has 0 bridgehead atoms. The molecule has 0 aliphatic rings. The number of anilines is 1. The Labute approximate surface area is 185 Å². The quantitative estimate of drug-likeness (QED) is 0.341. The molecule has 1 heterocycles. The summed E-state index contributed by atoms with van der Waals surface area (Å²) in [4.78, 5) is 13.2. The summed E-state index contributed by atoms with van der Waals surface area (Å²) in [5.41, 5.74) is 4.75.